The number of sulfone groups is 1. The first-order valence-electron chi connectivity index (χ1n) is 16.5. The maximum Gasteiger partial charge on any atom is 0.256 e. The zero-order chi connectivity index (χ0) is 34.4. The Labute approximate surface area is 281 Å². The number of pyridine rings is 1. The number of aromatic nitrogens is 1. The van der Waals surface area contributed by atoms with E-state index in [2.05, 4.69) is 15.5 Å². The Kier molecular flexibility index (Phi) is 8.76. The van der Waals surface area contributed by atoms with Crippen LogP contribution in [0.25, 0.3) is 49.1 Å². The topological polar surface area (TPSA) is 133 Å². The van der Waals surface area contributed by atoms with Gasteiger partial charge < -0.3 is 24.4 Å². The number of benzene rings is 3. The van der Waals surface area contributed by atoms with Crippen LogP contribution in [-0.2, 0) is 9.84 Å². The van der Waals surface area contributed by atoms with Crippen LogP contribution >= 0.6 is 0 Å². The summed E-state index contributed by atoms with van der Waals surface area (Å²) < 4.78 is 47.2. The number of carbonyl (C=O) groups is 1. The average molecular weight is 688 g/mol. The second-order valence-corrected chi connectivity index (χ2v) is 15.2. The van der Waals surface area contributed by atoms with Crippen LogP contribution in [0.1, 0.15) is 36.0 Å². The van der Waals surface area contributed by atoms with Gasteiger partial charge >= 0.3 is 0 Å². The van der Waals surface area contributed by atoms with Crippen molar-refractivity contribution >= 4 is 70.6 Å². The van der Waals surface area contributed by atoms with Crippen molar-refractivity contribution in [1.82, 2.24) is 19.5 Å². The maximum absolute atomic E-state index is 15.9. The molecular weight excluding hydrogens is 649 g/mol. The van der Waals surface area contributed by atoms with Gasteiger partial charge in [-0.1, -0.05) is 24.3 Å². The quantitative estimate of drug-likeness (QED) is 0.109. The number of nitrogens with one attached hydrogen (secondary N) is 2. The van der Waals surface area contributed by atoms with Gasteiger partial charge in [0.2, 0.25) is 5.43 Å². The van der Waals surface area contributed by atoms with Crippen LogP contribution in [0.4, 0.5) is 10.1 Å². The second-order valence-electron chi connectivity index (χ2n) is 13.1. The summed E-state index contributed by atoms with van der Waals surface area (Å²) in [4.78, 5) is 44.7. The first-order valence-corrected chi connectivity index (χ1v) is 18.6. The minimum absolute atomic E-state index is 0.00438. The van der Waals surface area contributed by atoms with E-state index in [-0.39, 0.29) is 39.1 Å². The molecule has 3 heterocycles. The summed E-state index contributed by atoms with van der Waals surface area (Å²) in [7, 11) is -1.41. The van der Waals surface area contributed by atoms with Crippen molar-refractivity contribution in [3.63, 3.8) is 0 Å². The van der Waals surface area contributed by atoms with Crippen molar-refractivity contribution in [2.45, 2.75) is 25.7 Å². The minimum Gasteiger partial charge on any atom is -0.451 e. The highest BCUT2D eigenvalue weighted by Gasteiger charge is 2.24. The lowest BCUT2D eigenvalue weighted by atomic mass is 10.1. The molecule has 0 aliphatic carbocycles. The molecule has 1 aliphatic heterocycles. The molecule has 49 heavy (non-hydrogen) atoms. The van der Waals surface area contributed by atoms with Crippen molar-refractivity contribution in [2.24, 2.45) is 0 Å². The van der Waals surface area contributed by atoms with Gasteiger partial charge in [0.1, 0.15) is 22.6 Å². The van der Waals surface area contributed by atoms with Gasteiger partial charge in [0.05, 0.1) is 10.9 Å². The van der Waals surface area contributed by atoms with Crippen LogP contribution in [-0.4, -0.2) is 87.0 Å². The third-order valence-electron chi connectivity index (χ3n) is 9.35. The summed E-state index contributed by atoms with van der Waals surface area (Å²) in [6, 6.07) is 11.9. The van der Waals surface area contributed by atoms with Gasteiger partial charge in [-0.25, -0.2) is 12.8 Å². The first-order chi connectivity index (χ1) is 23.5. The molecular formula is C36H38FN5O6S. The van der Waals surface area contributed by atoms with Gasteiger partial charge in [-0.3, -0.25) is 19.3 Å². The molecule has 0 radical (unpaired) electrons. The molecule has 11 nitrogen and oxygen atoms in total. The molecule has 1 amide bonds. The van der Waals surface area contributed by atoms with E-state index >= 15 is 4.39 Å². The summed E-state index contributed by atoms with van der Waals surface area (Å²) in [6.07, 6.45) is 6.17. The summed E-state index contributed by atoms with van der Waals surface area (Å²) in [5, 5.41) is 8.49. The molecule has 256 valence electrons. The fraction of sp³-hybridized carbons (Fsp3) is 0.361. The number of nitrogens with zero attached hydrogens (tertiary/aromatic N) is 3. The number of likely N-dealkylation sites (tertiary alicyclic amines) is 1. The number of halogens is 1. The van der Waals surface area contributed by atoms with Gasteiger partial charge in [0.15, 0.2) is 32.2 Å². The smallest absolute Gasteiger partial charge is 0.256 e. The van der Waals surface area contributed by atoms with Gasteiger partial charge in [0.25, 0.3) is 5.91 Å². The number of carbonyl (C=O) groups excluding carboxylic acids is 1. The standard InChI is InChI=1S/C36H38FN5O6S/c1-40(21-49(2,46)47)13-6-5-11-38-31-28(37)17-26-32-35(31)48-30-19-25-24(22-9-3-4-10-23(22)33(25)43)18-29(30)42(32)20-27(34(26)44)36(45)39-12-16-41-14-7-8-15-41/h3-4,9-10,17-20,38H,5-8,11-16,21H2,1-2H3,(H,39,45). The van der Waals surface area contributed by atoms with Crippen molar-refractivity contribution in [3.05, 3.63) is 80.5 Å². The van der Waals surface area contributed by atoms with Crippen molar-refractivity contribution in [1.29, 1.82) is 0 Å². The molecule has 0 saturated carbocycles. The first kappa shape index (κ1) is 32.9. The Morgan fingerprint density at radius 1 is 0.959 bits per heavy atom. The lowest BCUT2D eigenvalue weighted by molar-refractivity contribution is 0.0948. The Bertz CT molecular complexity index is 2470. The molecule has 1 saturated heterocycles. The van der Waals surface area contributed by atoms with E-state index in [1.165, 1.54) is 12.5 Å². The molecule has 0 spiro atoms. The number of unbranched alkanes of at least 4 members (excludes halogenated alkanes) is 1. The summed E-state index contributed by atoms with van der Waals surface area (Å²) in [6.45, 7) is 3.88. The van der Waals surface area contributed by atoms with Crippen LogP contribution < -0.4 is 21.5 Å². The van der Waals surface area contributed by atoms with E-state index in [9.17, 15) is 22.8 Å². The lowest BCUT2D eigenvalue weighted by Crippen LogP contribution is -2.35. The highest BCUT2D eigenvalue weighted by Crippen LogP contribution is 2.36. The monoisotopic (exact) mass is 687 g/mol. The van der Waals surface area contributed by atoms with Crippen molar-refractivity contribution < 1.29 is 22.0 Å². The van der Waals surface area contributed by atoms with Crippen molar-refractivity contribution in [2.75, 3.05) is 63.8 Å². The molecule has 1 aliphatic rings. The molecule has 2 N–H and O–H groups in total. The van der Waals surface area contributed by atoms with Crippen molar-refractivity contribution in [3.8, 4) is 0 Å². The molecule has 0 bridgehead atoms. The van der Waals surface area contributed by atoms with Crippen LogP contribution in [0.5, 0.6) is 0 Å². The summed E-state index contributed by atoms with van der Waals surface area (Å²) >= 11 is 0. The highest BCUT2D eigenvalue weighted by atomic mass is 32.2. The Morgan fingerprint density at radius 2 is 1.71 bits per heavy atom. The Morgan fingerprint density at radius 3 is 2.47 bits per heavy atom. The fourth-order valence-electron chi connectivity index (χ4n) is 7.08. The molecule has 6 aromatic rings. The number of hydrogen-bond acceptors (Lipinski definition) is 9. The summed E-state index contributed by atoms with van der Waals surface area (Å²) in [5.74, 6) is -1.32. The fourth-order valence-corrected chi connectivity index (χ4v) is 8.01. The molecule has 4 aromatic carbocycles. The molecule has 13 heteroatoms. The second kappa shape index (κ2) is 13.0. The van der Waals surface area contributed by atoms with E-state index in [0.717, 1.165) is 37.4 Å². The minimum atomic E-state index is -3.14. The van der Waals surface area contributed by atoms with Gasteiger partial charge in [0, 0.05) is 42.9 Å². The van der Waals surface area contributed by atoms with Crippen LogP contribution in [0.3, 0.4) is 0 Å². The molecule has 2 aromatic heterocycles. The summed E-state index contributed by atoms with van der Waals surface area (Å²) in [5.41, 5.74) is 0.352. The van der Waals surface area contributed by atoms with E-state index < -0.39 is 27.0 Å². The number of hydrogen-bond donors (Lipinski definition) is 2. The van der Waals surface area contributed by atoms with Crippen LogP contribution in [0.15, 0.2) is 62.7 Å². The molecule has 0 atom stereocenters. The number of anilines is 1. The van der Waals surface area contributed by atoms with Gasteiger partial charge in [-0.2, -0.15) is 0 Å². The normalized spacial score (nSPS) is 14.4. The highest BCUT2D eigenvalue weighted by molar-refractivity contribution is 7.90. The third kappa shape index (κ3) is 6.33. The van der Waals surface area contributed by atoms with E-state index in [0.29, 0.717) is 66.2 Å². The maximum atomic E-state index is 15.9. The molecule has 0 unspecified atom stereocenters. The van der Waals surface area contributed by atoms with E-state index in [1.54, 1.807) is 34.5 Å². The zero-order valence-corrected chi connectivity index (χ0v) is 28.3. The van der Waals surface area contributed by atoms with Crippen LogP contribution in [0, 0.1) is 5.82 Å². The Hall–Kier alpha value is -4.59. The predicted molar refractivity (Wildman–Crippen MR) is 191 cm³/mol. The van der Waals surface area contributed by atoms with Gasteiger partial charge in [-0.15, -0.1) is 0 Å². The van der Waals surface area contributed by atoms with Gasteiger partial charge in [-0.05, 0) is 81.3 Å². The Balaban J connectivity index is 1.32. The van der Waals surface area contributed by atoms with Crippen LogP contribution in [0.2, 0.25) is 0 Å². The lowest BCUT2D eigenvalue weighted by Gasteiger charge is -2.18. The number of fused-ring (bicyclic) bond motifs is 5. The van der Waals surface area contributed by atoms with E-state index in [4.69, 9.17) is 4.42 Å². The molecule has 7 rings (SSSR count). The predicted octanol–water partition coefficient (Wildman–Crippen LogP) is 4.39. The number of amides is 1. The SMILES string of the molecule is CN(CCCCNc1c(F)cc2c(=O)c(C(=O)NCCN3CCCC3)cn3c4cc5c(cc4oc1c23)c(=O)c1ccccc15)CS(C)(=O)=O. The molecule has 1 fully saturated rings. The number of rotatable bonds is 12. The zero-order valence-electron chi connectivity index (χ0n) is 27.5. The largest absolute Gasteiger partial charge is 0.451 e. The average Bonchev–Trinajstić information content (AvgIpc) is 3.67. The van der Waals surface area contributed by atoms with E-state index in [1.807, 2.05) is 18.2 Å². The third-order valence-corrected chi connectivity index (χ3v) is 10.3.